The molecule has 4 rings (SSSR count). The SMILES string of the molecule is O=C(C1CCCCC1)N1CCC[C@@H](c2nnc(-c3cccs3)o2)C1. The number of hydrogen-bond donors (Lipinski definition) is 0. The topological polar surface area (TPSA) is 59.2 Å². The summed E-state index contributed by atoms with van der Waals surface area (Å²) >= 11 is 1.60. The van der Waals surface area contributed by atoms with Gasteiger partial charge in [0.25, 0.3) is 5.89 Å². The van der Waals surface area contributed by atoms with Crippen molar-refractivity contribution in [2.45, 2.75) is 50.9 Å². The van der Waals surface area contributed by atoms with Crippen LogP contribution in [-0.2, 0) is 4.79 Å². The third kappa shape index (κ3) is 3.24. The molecule has 0 N–H and O–H groups in total. The van der Waals surface area contributed by atoms with E-state index in [9.17, 15) is 4.79 Å². The average Bonchev–Trinajstić information content (AvgIpc) is 3.33. The molecule has 0 unspecified atom stereocenters. The Morgan fingerprint density at radius 3 is 2.83 bits per heavy atom. The van der Waals surface area contributed by atoms with E-state index in [0.717, 1.165) is 43.6 Å². The Balaban J connectivity index is 1.44. The number of carbonyl (C=O) groups is 1. The zero-order chi connectivity index (χ0) is 16.4. The number of thiophene rings is 1. The lowest BCUT2D eigenvalue weighted by Gasteiger charge is -2.34. The van der Waals surface area contributed by atoms with Crippen molar-refractivity contribution >= 4 is 17.2 Å². The molecule has 2 aromatic rings. The lowest BCUT2D eigenvalue weighted by molar-refractivity contribution is -0.137. The van der Waals surface area contributed by atoms with Gasteiger partial charge < -0.3 is 9.32 Å². The molecular formula is C18H23N3O2S. The summed E-state index contributed by atoms with van der Waals surface area (Å²) in [7, 11) is 0. The van der Waals surface area contributed by atoms with E-state index in [0.29, 0.717) is 17.7 Å². The van der Waals surface area contributed by atoms with Crippen molar-refractivity contribution in [2.24, 2.45) is 5.92 Å². The van der Waals surface area contributed by atoms with Crippen LogP contribution >= 0.6 is 11.3 Å². The largest absolute Gasteiger partial charge is 0.420 e. The van der Waals surface area contributed by atoms with Gasteiger partial charge in [-0.3, -0.25) is 4.79 Å². The summed E-state index contributed by atoms with van der Waals surface area (Å²) in [6, 6.07) is 3.97. The van der Waals surface area contributed by atoms with Crippen molar-refractivity contribution in [3.05, 3.63) is 23.4 Å². The van der Waals surface area contributed by atoms with Gasteiger partial charge in [-0.15, -0.1) is 21.5 Å². The number of piperidine rings is 1. The summed E-state index contributed by atoms with van der Waals surface area (Å²) in [5.41, 5.74) is 0. The molecule has 0 radical (unpaired) electrons. The molecule has 1 atom stereocenters. The Morgan fingerprint density at radius 1 is 1.17 bits per heavy atom. The van der Waals surface area contributed by atoms with E-state index in [1.807, 2.05) is 22.4 Å². The molecule has 3 heterocycles. The molecule has 1 saturated carbocycles. The molecule has 1 aliphatic carbocycles. The molecule has 1 aliphatic heterocycles. The third-order valence-electron chi connectivity index (χ3n) is 5.21. The summed E-state index contributed by atoms with van der Waals surface area (Å²) in [5.74, 6) is 2.03. The van der Waals surface area contributed by atoms with Crippen LogP contribution in [0.4, 0.5) is 0 Å². The molecule has 2 fully saturated rings. The molecule has 6 heteroatoms. The quantitative estimate of drug-likeness (QED) is 0.841. The maximum atomic E-state index is 12.8. The number of rotatable bonds is 3. The number of carbonyl (C=O) groups excluding carboxylic acids is 1. The van der Waals surface area contributed by atoms with Crippen LogP contribution in [0.25, 0.3) is 10.8 Å². The second kappa shape index (κ2) is 7.05. The van der Waals surface area contributed by atoms with Crippen molar-refractivity contribution in [2.75, 3.05) is 13.1 Å². The fourth-order valence-corrected chi connectivity index (χ4v) is 4.53. The number of nitrogens with zero attached hydrogens (tertiary/aromatic N) is 3. The van der Waals surface area contributed by atoms with E-state index in [1.165, 1.54) is 19.3 Å². The number of aromatic nitrogens is 2. The van der Waals surface area contributed by atoms with E-state index < -0.39 is 0 Å². The van der Waals surface area contributed by atoms with Crippen LogP contribution in [0.15, 0.2) is 21.9 Å². The van der Waals surface area contributed by atoms with Crippen molar-refractivity contribution < 1.29 is 9.21 Å². The normalized spacial score (nSPS) is 22.7. The van der Waals surface area contributed by atoms with Crippen LogP contribution in [0, 0.1) is 5.92 Å². The van der Waals surface area contributed by atoms with Crippen LogP contribution in [0.5, 0.6) is 0 Å². The first-order valence-electron chi connectivity index (χ1n) is 8.97. The molecule has 1 saturated heterocycles. The molecule has 0 bridgehead atoms. The Labute approximate surface area is 146 Å². The summed E-state index contributed by atoms with van der Waals surface area (Å²) in [4.78, 5) is 15.8. The Morgan fingerprint density at radius 2 is 2.04 bits per heavy atom. The van der Waals surface area contributed by atoms with Crippen LogP contribution in [0.1, 0.15) is 56.8 Å². The van der Waals surface area contributed by atoms with Gasteiger partial charge in [-0.25, -0.2) is 0 Å². The molecule has 0 spiro atoms. The van der Waals surface area contributed by atoms with Gasteiger partial charge in [0.2, 0.25) is 11.8 Å². The second-order valence-corrected chi connectivity index (χ2v) is 7.83. The van der Waals surface area contributed by atoms with Crippen molar-refractivity contribution in [1.29, 1.82) is 0 Å². The molecule has 5 nitrogen and oxygen atoms in total. The average molecular weight is 345 g/mol. The molecular weight excluding hydrogens is 322 g/mol. The molecule has 0 aromatic carbocycles. The van der Waals surface area contributed by atoms with Gasteiger partial charge in [0.1, 0.15) is 0 Å². The van der Waals surface area contributed by atoms with Crippen LogP contribution in [-0.4, -0.2) is 34.1 Å². The molecule has 1 amide bonds. The highest BCUT2D eigenvalue weighted by Crippen LogP contribution is 2.32. The Hall–Kier alpha value is -1.69. The summed E-state index contributed by atoms with van der Waals surface area (Å²) in [6.45, 7) is 1.60. The van der Waals surface area contributed by atoms with Gasteiger partial charge in [-0.05, 0) is 37.1 Å². The maximum absolute atomic E-state index is 12.8. The van der Waals surface area contributed by atoms with Crippen LogP contribution in [0.2, 0.25) is 0 Å². The first-order valence-corrected chi connectivity index (χ1v) is 9.85. The third-order valence-corrected chi connectivity index (χ3v) is 6.07. The zero-order valence-corrected chi connectivity index (χ0v) is 14.6. The predicted molar refractivity (Wildman–Crippen MR) is 92.7 cm³/mol. The Bertz CT molecular complexity index is 676. The standard InChI is InChI=1S/C18H23N3O2S/c22-18(13-6-2-1-3-7-13)21-10-4-8-14(12-21)16-19-20-17(23-16)15-9-5-11-24-15/h5,9,11,13-14H,1-4,6-8,10,12H2/t14-/m1/s1. The van der Waals surface area contributed by atoms with Crippen molar-refractivity contribution in [3.8, 4) is 10.8 Å². The first kappa shape index (κ1) is 15.8. The minimum Gasteiger partial charge on any atom is -0.420 e. The lowest BCUT2D eigenvalue weighted by Crippen LogP contribution is -2.42. The van der Waals surface area contributed by atoms with Gasteiger partial charge in [0.05, 0.1) is 10.8 Å². The highest BCUT2D eigenvalue weighted by atomic mass is 32.1. The van der Waals surface area contributed by atoms with Gasteiger partial charge in [-0.1, -0.05) is 25.3 Å². The van der Waals surface area contributed by atoms with E-state index in [-0.39, 0.29) is 11.8 Å². The summed E-state index contributed by atoms with van der Waals surface area (Å²) in [5, 5.41) is 10.4. The van der Waals surface area contributed by atoms with Crippen molar-refractivity contribution in [1.82, 2.24) is 15.1 Å². The fraction of sp³-hybridized carbons (Fsp3) is 0.611. The van der Waals surface area contributed by atoms with E-state index in [2.05, 4.69) is 10.2 Å². The second-order valence-electron chi connectivity index (χ2n) is 6.88. The first-order chi connectivity index (χ1) is 11.8. The van der Waals surface area contributed by atoms with Crippen LogP contribution in [0.3, 0.4) is 0 Å². The smallest absolute Gasteiger partial charge is 0.257 e. The zero-order valence-electron chi connectivity index (χ0n) is 13.8. The maximum Gasteiger partial charge on any atom is 0.257 e. The van der Waals surface area contributed by atoms with E-state index in [4.69, 9.17) is 4.42 Å². The number of amides is 1. The Kier molecular flexibility index (Phi) is 4.65. The summed E-state index contributed by atoms with van der Waals surface area (Å²) in [6.07, 6.45) is 7.81. The summed E-state index contributed by atoms with van der Waals surface area (Å²) < 4.78 is 5.89. The number of likely N-dealkylation sites (tertiary alicyclic amines) is 1. The minimum absolute atomic E-state index is 0.174. The molecule has 2 aromatic heterocycles. The monoisotopic (exact) mass is 345 g/mol. The van der Waals surface area contributed by atoms with E-state index in [1.54, 1.807) is 11.3 Å². The van der Waals surface area contributed by atoms with Crippen molar-refractivity contribution in [3.63, 3.8) is 0 Å². The van der Waals surface area contributed by atoms with Gasteiger partial charge in [0, 0.05) is 19.0 Å². The minimum atomic E-state index is 0.174. The lowest BCUT2D eigenvalue weighted by atomic mass is 9.87. The molecule has 24 heavy (non-hydrogen) atoms. The van der Waals surface area contributed by atoms with E-state index >= 15 is 0 Å². The fourth-order valence-electron chi connectivity index (χ4n) is 3.89. The van der Waals surface area contributed by atoms with Crippen LogP contribution < -0.4 is 0 Å². The predicted octanol–water partition coefficient (Wildman–Crippen LogP) is 4.08. The van der Waals surface area contributed by atoms with Gasteiger partial charge >= 0.3 is 0 Å². The molecule has 128 valence electrons. The van der Waals surface area contributed by atoms with Gasteiger partial charge in [-0.2, -0.15) is 0 Å². The highest BCUT2D eigenvalue weighted by Gasteiger charge is 2.32. The highest BCUT2D eigenvalue weighted by molar-refractivity contribution is 7.13. The molecule has 2 aliphatic rings. The van der Waals surface area contributed by atoms with Gasteiger partial charge in [0.15, 0.2) is 0 Å². The number of hydrogen-bond acceptors (Lipinski definition) is 5.